The summed E-state index contributed by atoms with van der Waals surface area (Å²) < 4.78 is 0. The van der Waals surface area contributed by atoms with E-state index in [1.54, 1.807) is 0 Å². The average molecular weight is 333 g/mol. The van der Waals surface area contributed by atoms with Crippen LogP contribution in [0.4, 0.5) is 0 Å². The van der Waals surface area contributed by atoms with Crippen LogP contribution in [0.3, 0.4) is 0 Å². The van der Waals surface area contributed by atoms with Gasteiger partial charge in [-0.2, -0.15) is 0 Å². The molecule has 1 saturated heterocycles. The van der Waals surface area contributed by atoms with E-state index < -0.39 is 5.41 Å². The summed E-state index contributed by atoms with van der Waals surface area (Å²) in [5.74, 6) is -0.00753. The van der Waals surface area contributed by atoms with Crippen LogP contribution in [0.5, 0.6) is 0 Å². The summed E-state index contributed by atoms with van der Waals surface area (Å²) >= 11 is 9.47. The van der Waals surface area contributed by atoms with E-state index in [0.717, 1.165) is 5.56 Å². The minimum atomic E-state index is -0.509. The van der Waals surface area contributed by atoms with Crippen LogP contribution in [-0.4, -0.2) is 22.4 Å². The fourth-order valence-electron chi connectivity index (χ4n) is 1.90. The van der Waals surface area contributed by atoms with Crippen LogP contribution >= 0.6 is 27.5 Å². The zero-order valence-corrected chi connectivity index (χ0v) is 12.7. The molecule has 1 aliphatic heterocycles. The van der Waals surface area contributed by atoms with Gasteiger partial charge in [0.05, 0.1) is 12.0 Å². The lowest BCUT2D eigenvalue weighted by molar-refractivity contribution is -0.173. The Balaban J connectivity index is 2.17. The van der Waals surface area contributed by atoms with E-state index in [9.17, 15) is 4.79 Å². The molecule has 1 unspecified atom stereocenters. The number of alkyl halides is 1. The molecular weight excluding hydrogens is 318 g/mol. The van der Waals surface area contributed by atoms with Gasteiger partial charge in [-0.05, 0) is 25.5 Å². The van der Waals surface area contributed by atoms with Gasteiger partial charge in [-0.3, -0.25) is 9.63 Å². The molecule has 1 amide bonds. The molecule has 0 bridgehead atoms. The number of hydroxylamine groups is 2. The van der Waals surface area contributed by atoms with Gasteiger partial charge in [0.1, 0.15) is 6.10 Å². The number of hydrogen-bond donors (Lipinski definition) is 0. The molecule has 0 N–H and O–H groups in total. The first-order valence-electron chi connectivity index (χ1n) is 5.75. The molecule has 0 aliphatic carbocycles. The second-order valence-electron chi connectivity index (χ2n) is 4.90. The van der Waals surface area contributed by atoms with Crippen LogP contribution in [-0.2, 0) is 16.2 Å². The number of benzene rings is 1. The molecule has 1 atom stereocenters. The summed E-state index contributed by atoms with van der Waals surface area (Å²) in [4.78, 5) is 17.9. The third-order valence-electron chi connectivity index (χ3n) is 3.25. The molecule has 98 valence electrons. The van der Waals surface area contributed by atoms with Crippen molar-refractivity contribution in [1.82, 2.24) is 5.06 Å². The summed E-state index contributed by atoms with van der Waals surface area (Å²) in [6, 6.07) is 7.47. The SMILES string of the molecule is CC1(C)C(=O)N(Cc2ccccc2Cl)OC1CBr. The van der Waals surface area contributed by atoms with Gasteiger partial charge >= 0.3 is 0 Å². The van der Waals surface area contributed by atoms with Crippen LogP contribution in [0.2, 0.25) is 5.02 Å². The molecule has 2 rings (SSSR count). The third kappa shape index (κ3) is 2.42. The Morgan fingerprint density at radius 2 is 2.11 bits per heavy atom. The van der Waals surface area contributed by atoms with E-state index >= 15 is 0 Å². The number of hydrogen-bond acceptors (Lipinski definition) is 2. The minimum absolute atomic E-state index is 0.00753. The first kappa shape index (κ1) is 13.8. The van der Waals surface area contributed by atoms with Gasteiger partial charge < -0.3 is 0 Å². The van der Waals surface area contributed by atoms with Crippen molar-refractivity contribution in [2.24, 2.45) is 5.41 Å². The molecule has 0 radical (unpaired) electrons. The Morgan fingerprint density at radius 1 is 1.44 bits per heavy atom. The summed E-state index contributed by atoms with van der Waals surface area (Å²) in [5.41, 5.74) is 0.378. The lowest BCUT2D eigenvalue weighted by Gasteiger charge is -2.18. The number of carbonyl (C=O) groups is 1. The van der Waals surface area contributed by atoms with Crippen molar-refractivity contribution >= 4 is 33.4 Å². The Morgan fingerprint density at radius 3 is 2.67 bits per heavy atom. The van der Waals surface area contributed by atoms with Gasteiger partial charge in [-0.1, -0.05) is 45.7 Å². The van der Waals surface area contributed by atoms with Crippen LogP contribution in [0.25, 0.3) is 0 Å². The standard InChI is InChI=1S/C13H15BrClNO2/c1-13(2)11(7-14)18-16(12(13)17)8-9-5-3-4-6-10(9)15/h3-6,11H,7-8H2,1-2H3. The molecule has 0 spiro atoms. The predicted octanol–water partition coefficient (Wildman–Crippen LogP) is 3.40. The molecule has 1 aromatic rings. The van der Waals surface area contributed by atoms with Crippen molar-refractivity contribution in [3.8, 4) is 0 Å². The fourth-order valence-corrected chi connectivity index (χ4v) is 3.03. The van der Waals surface area contributed by atoms with Crippen LogP contribution < -0.4 is 0 Å². The highest BCUT2D eigenvalue weighted by molar-refractivity contribution is 9.09. The van der Waals surface area contributed by atoms with Gasteiger partial charge in [0.15, 0.2) is 0 Å². The van der Waals surface area contributed by atoms with Crippen LogP contribution in [0, 0.1) is 5.41 Å². The molecule has 1 aliphatic rings. The highest BCUT2D eigenvalue weighted by Gasteiger charge is 2.48. The number of nitrogens with zero attached hydrogens (tertiary/aromatic N) is 1. The van der Waals surface area contributed by atoms with Crippen LogP contribution in [0.15, 0.2) is 24.3 Å². The van der Waals surface area contributed by atoms with Gasteiger partial charge in [-0.15, -0.1) is 0 Å². The molecule has 1 heterocycles. The predicted molar refractivity (Wildman–Crippen MR) is 74.5 cm³/mol. The smallest absolute Gasteiger partial charge is 0.254 e. The van der Waals surface area contributed by atoms with Crippen molar-refractivity contribution < 1.29 is 9.63 Å². The van der Waals surface area contributed by atoms with Crippen molar-refractivity contribution in [1.29, 1.82) is 0 Å². The van der Waals surface area contributed by atoms with E-state index in [-0.39, 0.29) is 12.0 Å². The number of carbonyl (C=O) groups excluding carboxylic acids is 1. The average Bonchev–Trinajstić information content (AvgIpc) is 2.55. The van der Waals surface area contributed by atoms with Gasteiger partial charge in [0, 0.05) is 10.4 Å². The Kier molecular flexibility index (Phi) is 3.99. The monoisotopic (exact) mass is 331 g/mol. The van der Waals surface area contributed by atoms with E-state index in [2.05, 4.69) is 15.9 Å². The second kappa shape index (κ2) is 5.19. The van der Waals surface area contributed by atoms with Crippen molar-refractivity contribution in [2.45, 2.75) is 26.5 Å². The number of amides is 1. The zero-order chi connectivity index (χ0) is 13.3. The largest absolute Gasteiger partial charge is 0.272 e. The maximum absolute atomic E-state index is 12.2. The molecule has 0 aromatic heterocycles. The van der Waals surface area contributed by atoms with E-state index in [4.69, 9.17) is 16.4 Å². The van der Waals surface area contributed by atoms with Crippen molar-refractivity contribution in [3.63, 3.8) is 0 Å². The van der Waals surface area contributed by atoms with Crippen molar-refractivity contribution in [3.05, 3.63) is 34.9 Å². The van der Waals surface area contributed by atoms with Gasteiger partial charge in [0.2, 0.25) is 0 Å². The lowest BCUT2D eigenvalue weighted by Crippen LogP contribution is -2.33. The topological polar surface area (TPSA) is 29.5 Å². The second-order valence-corrected chi connectivity index (χ2v) is 5.96. The normalized spacial score (nSPS) is 22.6. The van der Waals surface area contributed by atoms with E-state index in [1.807, 2.05) is 38.1 Å². The Hall–Kier alpha value is -0.580. The van der Waals surface area contributed by atoms with E-state index in [0.29, 0.717) is 16.9 Å². The quantitative estimate of drug-likeness (QED) is 0.794. The maximum Gasteiger partial charge on any atom is 0.254 e. The zero-order valence-electron chi connectivity index (χ0n) is 10.3. The summed E-state index contributed by atoms with van der Waals surface area (Å²) in [7, 11) is 0. The third-order valence-corrected chi connectivity index (χ3v) is 4.21. The first-order valence-corrected chi connectivity index (χ1v) is 7.25. The first-order chi connectivity index (χ1) is 8.46. The number of rotatable bonds is 3. The fraction of sp³-hybridized carbons (Fsp3) is 0.462. The van der Waals surface area contributed by atoms with Crippen LogP contribution in [0.1, 0.15) is 19.4 Å². The summed E-state index contributed by atoms with van der Waals surface area (Å²) in [6.07, 6.45) is -0.146. The molecule has 3 nitrogen and oxygen atoms in total. The molecule has 1 aromatic carbocycles. The summed E-state index contributed by atoms with van der Waals surface area (Å²) in [5, 5.41) is 2.69. The van der Waals surface area contributed by atoms with Crippen molar-refractivity contribution in [2.75, 3.05) is 5.33 Å². The molecule has 5 heteroatoms. The summed E-state index contributed by atoms with van der Waals surface area (Å²) in [6.45, 7) is 4.17. The van der Waals surface area contributed by atoms with Gasteiger partial charge in [0.25, 0.3) is 5.91 Å². The minimum Gasteiger partial charge on any atom is -0.272 e. The highest BCUT2D eigenvalue weighted by atomic mass is 79.9. The Labute approximate surface area is 120 Å². The number of halogens is 2. The molecular formula is C13H15BrClNO2. The maximum atomic E-state index is 12.2. The lowest BCUT2D eigenvalue weighted by atomic mass is 9.87. The highest BCUT2D eigenvalue weighted by Crippen LogP contribution is 2.36. The molecule has 18 heavy (non-hydrogen) atoms. The Bertz CT molecular complexity index is 464. The molecule has 0 saturated carbocycles. The van der Waals surface area contributed by atoms with E-state index in [1.165, 1.54) is 5.06 Å². The van der Waals surface area contributed by atoms with Gasteiger partial charge in [-0.25, -0.2) is 5.06 Å². The molecule has 1 fully saturated rings.